The van der Waals surface area contributed by atoms with E-state index in [4.69, 9.17) is 10.5 Å². The van der Waals surface area contributed by atoms with Crippen LogP contribution in [0.4, 0.5) is 0 Å². The number of benzene rings is 1. The first-order valence-corrected chi connectivity index (χ1v) is 7.71. The Kier molecular flexibility index (Phi) is 7.83. The second kappa shape index (κ2) is 9.66. The van der Waals surface area contributed by atoms with E-state index >= 15 is 0 Å². The van der Waals surface area contributed by atoms with Crippen LogP contribution in [0.3, 0.4) is 0 Å². The molecule has 0 atom stereocenters. The van der Waals surface area contributed by atoms with Gasteiger partial charge in [-0.25, -0.2) is 0 Å². The summed E-state index contributed by atoms with van der Waals surface area (Å²) in [5, 5.41) is 2.89. The van der Waals surface area contributed by atoms with Gasteiger partial charge in [0, 0.05) is 12.2 Å². The van der Waals surface area contributed by atoms with E-state index in [0.29, 0.717) is 24.4 Å². The van der Waals surface area contributed by atoms with Gasteiger partial charge >= 0.3 is 0 Å². The second-order valence-corrected chi connectivity index (χ2v) is 5.09. The van der Waals surface area contributed by atoms with Crippen molar-refractivity contribution in [2.24, 2.45) is 5.73 Å². The molecule has 0 aromatic heterocycles. The van der Waals surface area contributed by atoms with E-state index in [1.165, 1.54) is 0 Å². The molecule has 1 aromatic rings. The minimum atomic E-state index is -0.162. The molecule has 4 nitrogen and oxygen atoms in total. The van der Waals surface area contributed by atoms with Crippen molar-refractivity contribution in [1.29, 1.82) is 0 Å². The Morgan fingerprint density at radius 2 is 2.14 bits per heavy atom. The lowest BCUT2D eigenvalue weighted by Gasteiger charge is -2.09. The topological polar surface area (TPSA) is 64.3 Å². The number of amides is 1. The molecule has 1 aromatic carbocycles. The van der Waals surface area contributed by atoms with Gasteiger partial charge in [0.15, 0.2) is 0 Å². The van der Waals surface area contributed by atoms with E-state index in [1.54, 1.807) is 13.0 Å². The van der Waals surface area contributed by atoms with Crippen molar-refractivity contribution in [1.82, 2.24) is 5.32 Å². The van der Waals surface area contributed by atoms with E-state index in [2.05, 4.69) is 12.2 Å². The van der Waals surface area contributed by atoms with E-state index in [0.717, 1.165) is 24.2 Å². The number of hydrogen-bond acceptors (Lipinski definition) is 3. The Labute approximate surface area is 133 Å². The van der Waals surface area contributed by atoms with Crippen LogP contribution in [-0.2, 0) is 11.3 Å². The second-order valence-electron chi connectivity index (χ2n) is 5.09. The molecule has 0 radical (unpaired) electrons. The molecule has 120 valence electrons. The molecule has 0 fully saturated rings. The van der Waals surface area contributed by atoms with Crippen LogP contribution in [0.2, 0.25) is 0 Å². The highest BCUT2D eigenvalue weighted by molar-refractivity contribution is 5.96. The molecule has 1 amide bonds. The summed E-state index contributed by atoms with van der Waals surface area (Å²) >= 11 is 0. The molecule has 1 rings (SSSR count). The van der Waals surface area contributed by atoms with Crippen molar-refractivity contribution in [2.45, 2.75) is 40.2 Å². The zero-order valence-corrected chi connectivity index (χ0v) is 13.7. The van der Waals surface area contributed by atoms with Crippen LogP contribution < -0.4 is 15.8 Å². The number of hydrogen-bond donors (Lipinski definition) is 2. The van der Waals surface area contributed by atoms with Crippen molar-refractivity contribution in [3.8, 4) is 5.75 Å². The highest BCUT2D eigenvalue weighted by atomic mass is 16.5. The molecular formula is C18H26N2O2. The molecule has 0 bridgehead atoms. The lowest BCUT2D eigenvalue weighted by Crippen LogP contribution is -2.25. The molecule has 3 N–H and O–H groups in total. The normalized spacial score (nSPS) is 12.1. The molecule has 0 spiro atoms. The van der Waals surface area contributed by atoms with Gasteiger partial charge in [-0.1, -0.05) is 38.1 Å². The molecule has 4 heteroatoms. The first kappa shape index (κ1) is 17.8. The Morgan fingerprint density at radius 1 is 1.36 bits per heavy atom. The summed E-state index contributed by atoms with van der Waals surface area (Å²) in [4.78, 5) is 12.2. The summed E-state index contributed by atoms with van der Waals surface area (Å²) in [6.07, 6.45) is 5.52. The first-order chi connectivity index (χ1) is 10.6. The highest BCUT2D eigenvalue weighted by Crippen LogP contribution is 2.13. The zero-order chi connectivity index (χ0) is 16.4. The number of carbonyl (C=O) groups excluding carboxylic acids is 1. The standard InChI is InChI=1S/C18H26N2O2/c1-4-6-10-17(14(3)19)18(21)20-13-15-8-7-9-16(12-15)22-11-5-2/h6-10,12H,4-5,11,13,19H2,1-3H3,(H,20,21)/b10-6-,17-14-. The molecule has 0 aliphatic heterocycles. The number of nitrogens with one attached hydrogen (secondary N) is 1. The van der Waals surface area contributed by atoms with Gasteiger partial charge in [0.2, 0.25) is 0 Å². The summed E-state index contributed by atoms with van der Waals surface area (Å²) in [7, 11) is 0. The van der Waals surface area contributed by atoms with Crippen molar-refractivity contribution in [3.63, 3.8) is 0 Å². The number of carbonyl (C=O) groups is 1. The Bertz CT molecular complexity index is 544. The lowest BCUT2D eigenvalue weighted by atomic mass is 10.1. The summed E-state index contributed by atoms with van der Waals surface area (Å²) in [6.45, 7) is 6.94. The molecule has 0 heterocycles. The van der Waals surface area contributed by atoms with Gasteiger partial charge in [-0.05, 0) is 37.5 Å². The smallest absolute Gasteiger partial charge is 0.253 e. The lowest BCUT2D eigenvalue weighted by molar-refractivity contribution is -0.117. The molecule has 0 saturated carbocycles. The van der Waals surface area contributed by atoms with Gasteiger partial charge in [0.1, 0.15) is 5.75 Å². The number of rotatable bonds is 8. The maximum Gasteiger partial charge on any atom is 0.253 e. The quantitative estimate of drug-likeness (QED) is 0.572. The summed E-state index contributed by atoms with van der Waals surface area (Å²) in [5.74, 6) is 0.662. The molecule has 0 aliphatic rings. The first-order valence-electron chi connectivity index (χ1n) is 7.71. The van der Waals surface area contributed by atoms with Gasteiger partial charge in [-0.3, -0.25) is 4.79 Å². The minimum Gasteiger partial charge on any atom is -0.494 e. The van der Waals surface area contributed by atoms with E-state index < -0.39 is 0 Å². The predicted molar refractivity (Wildman–Crippen MR) is 90.4 cm³/mol. The molecule has 0 saturated heterocycles. The van der Waals surface area contributed by atoms with Crippen molar-refractivity contribution < 1.29 is 9.53 Å². The highest BCUT2D eigenvalue weighted by Gasteiger charge is 2.08. The fraction of sp³-hybridized carbons (Fsp3) is 0.389. The zero-order valence-electron chi connectivity index (χ0n) is 13.7. The SMILES string of the molecule is CC/C=C\C(C(=O)NCc1cccc(OCCC)c1)=C(/C)N. The van der Waals surface area contributed by atoms with Gasteiger partial charge in [-0.15, -0.1) is 0 Å². The van der Waals surface area contributed by atoms with Gasteiger partial charge < -0.3 is 15.8 Å². The molecule has 0 unspecified atom stereocenters. The summed E-state index contributed by atoms with van der Waals surface area (Å²) in [6, 6.07) is 7.74. The number of nitrogens with two attached hydrogens (primary N) is 1. The van der Waals surface area contributed by atoms with Crippen LogP contribution in [0.1, 0.15) is 39.2 Å². The van der Waals surface area contributed by atoms with E-state index in [1.807, 2.05) is 37.3 Å². The average molecular weight is 302 g/mol. The maximum atomic E-state index is 12.2. The van der Waals surface area contributed by atoms with Gasteiger partial charge in [-0.2, -0.15) is 0 Å². The summed E-state index contributed by atoms with van der Waals surface area (Å²) in [5.41, 5.74) is 7.80. The van der Waals surface area contributed by atoms with Crippen LogP contribution in [0.15, 0.2) is 47.7 Å². The number of allylic oxidation sites excluding steroid dienone is 2. The van der Waals surface area contributed by atoms with E-state index in [9.17, 15) is 4.79 Å². The van der Waals surface area contributed by atoms with Gasteiger partial charge in [0.05, 0.1) is 12.2 Å². The predicted octanol–water partition coefficient (Wildman–Crippen LogP) is 3.29. The Hall–Kier alpha value is -2.23. The Balaban J connectivity index is 2.67. The van der Waals surface area contributed by atoms with Crippen molar-refractivity contribution >= 4 is 5.91 Å². The fourth-order valence-corrected chi connectivity index (χ4v) is 1.86. The third-order valence-electron chi connectivity index (χ3n) is 3.01. The molecule has 22 heavy (non-hydrogen) atoms. The van der Waals surface area contributed by atoms with Crippen LogP contribution in [0, 0.1) is 0 Å². The maximum absolute atomic E-state index is 12.2. The average Bonchev–Trinajstić information content (AvgIpc) is 2.51. The van der Waals surface area contributed by atoms with Gasteiger partial charge in [0.25, 0.3) is 5.91 Å². The number of ether oxygens (including phenoxy) is 1. The fourth-order valence-electron chi connectivity index (χ4n) is 1.86. The van der Waals surface area contributed by atoms with Crippen LogP contribution in [0.25, 0.3) is 0 Å². The van der Waals surface area contributed by atoms with Crippen molar-refractivity contribution in [3.05, 3.63) is 53.3 Å². The van der Waals surface area contributed by atoms with Crippen LogP contribution in [0.5, 0.6) is 5.75 Å². The largest absolute Gasteiger partial charge is 0.494 e. The molecular weight excluding hydrogens is 276 g/mol. The van der Waals surface area contributed by atoms with Crippen LogP contribution >= 0.6 is 0 Å². The minimum absolute atomic E-state index is 0.162. The Morgan fingerprint density at radius 3 is 2.77 bits per heavy atom. The third-order valence-corrected chi connectivity index (χ3v) is 3.01. The van der Waals surface area contributed by atoms with E-state index in [-0.39, 0.29) is 5.91 Å². The monoisotopic (exact) mass is 302 g/mol. The van der Waals surface area contributed by atoms with Crippen molar-refractivity contribution in [2.75, 3.05) is 6.61 Å². The third kappa shape index (κ3) is 6.04. The summed E-state index contributed by atoms with van der Waals surface area (Å²) < 4.78 is 5.59. The molecule has 0 aliphatic carbocycles. The van der Waals surface area contributed by atoms with Crippen LogP contribution in [-0.4, -0.2) is 12.5 Å².